The summed E-state index contributed by atoms with van der Waals surface area (Å²) < 4.78 is 2.04. The van der Waals surface area contributed by atoms with Crippen molar-refractivity contribution < 1.29 is 4.79 Å². The first-order chi connectivity index (χ1) is 9.81. The van der Waals surface area contributed by atoms with Crippen molar-refractivity contribution in [3.63, 3.8) is 0 Å². The minimum atomic E-state index is 0.126. The summed E-state index contributed by atoms with van der Waals surface area (Å²) in [6.07, 6.45) is 0. The van der Waals surface area contributed by atoms with Crippen LogP contribution in [0.15, 0.2) is 11.2 Å². The van der Waals surface area contributed by atoms with Gasteiger partial charge in [0, 0.05) is 35.4 Å². The minimum Gasteiger partial charge on any atom is -0.351 e. The van der Waals surface area contributed by atoms with Crippen molar-refractivity contribution >= 4 is 17.5 Å². The molecule has 21 heavy (non-hydrogen) atoms. The molecule has 0 fully saturated rings. The maximum Gasteiger partial charge on any atom is 0.188 e. The normalized spacial score (nSPS) is 11.0. The average Bonchev–Trinajstić information content (AvgIpc) is 2.69. The van der Waals surface area contributed by atoms with Gasteiger partial charge in [0.15, 0.2) is 10.9 Å². The molecular weight excluding hydrogens is 282 g/mol. The monoisotopic (exact) mass is 303 g/mol. The van der Waals surface area contributed by atoms with Crippen LogP contribution in [0.25, 0.3) is 0 Å². The number of ketones is 1. The molecule has 0 radical (unpaired) electrons. The number of hydrogen-bond donors (Lipinski definition) is 0. The van der Waals surface area contributed by atoms with Gasteiger partial charge in [-0.25, -0.2) is 9.97 Å². The summed E-state index contributed by atoms with van der Waals surface area (Å²) in [7, 11) is 1.98. The molecule has 0 atom stereocenters. The summed E-state index contributed by atoms with van der Waals surface area (Å²) in [6, 6.07) is 1.95. The predicted octanol–water partition coefficient (Wildman–Crippen LogP) is 3.33. The van der Waals surface area contributed by atoms with Gasteiger partial charge in [-0.2, -0.15) is 0 Å². The number of carbonyl (C=O) groups excluding carboxylic acids is 1. The molecule has 0 amide bonds. The maximum atomic E-state index is 12.4. The van der Waals surface area contributed by atoms with Gasteiger partial charge < -0.3 is 4.57 Å². The Labute approximate surface area is 130 Å². The molecule has 0 saturated heterocycles. The number of rotatable bonds is 4. The quantitative estimate of drug-likeness (QED) is 0.494. The number of aromatic nitrogens is 3. The third-order valence-electron chi connectivity index (χ3n) is 4.02. The van der Waals surface area contributed by atoms with E-state index in [-0.39, 0.29) is 5.78 Å². The zero-order valence-electron chi connectivity index (χ0n) is 13.4. The molecule has 0 aliphatic carbocycles. The zero-order chi connectivity index (χ0) is 15.7. The molecule has 2 heterocycles. The summed E-state index contributed by atoms with van der Waals surface area (Å²) >= 11 is 1.40. The Bertz CT molecular complexity index is 681. The second-order valence-electron chi connectivity index (χ2n) is 5.36. The minimum absolute atomic E-state index is 0.126. The highest BCUT2D eigenvalue weighted by Gasteiger charge is 2.15. The first kappa shape index (κ1) is 15.8. The molecule has 0 saturated carbocycles. The summed E-state index contributed by atoms with van der Waals surface area (Å²) in [5.74, 6) is 0.493. The molecule has 2 aromatic rings. The number of nitrogens with zero attached hydrogens (tertiary/aromatic N) is 3. The Morgan fingerprint density at radius 1 is 1.14 bits per heavy atom. The standard InChI is InChI=1S/C16H21N3OS/c1-9-7-14(13(5)19(9)6)15(20)8-21-16-17-11(3)10(2)12(4)18-16/h7H,8H2,1-6H3. The van der Waals surface area contributed by atoms with Crippen LogP contribution >= 0.6 is 11.8 Å². The highest BCUT2D eigenvalue weighted by Crippen LogP contribution is 2.20. The highest BCUT2D eigenvalue weighted by atomic mass is 32.2. The second-order valence-corrected chi connectivity index (χ2v) is 6.30. The van der Waals surface area contributed by atoms with Gasteiger partial charge in [0.25, 0.3) is 0 Å². The van der Waals surface area contributed by atoms with Crippen molar-refractivity contribution in [2.45, 2.75) is 39.8 Å². The summed E-state index contributed by atoms with van der Waals surface area (Å²) in [4.78, 5) is 21.2. The van der Waals surface area contributed by atoms with Crippen LogP contribution in [0, 0.1) is 34.6 Å². The number of hydrogen-bond acceptors (Lipinski definition) is 4. The summed E-state index contributed by atoms with van der Waals surface area (Å²) in [5, 5.41) is 0.675. The first-order valence-electron chi connectivity index (χ1n) is 6.92. The third kappa shape index (κ3) is 3.18. The predicted molar refractivity (Wildman–Crippen MR) is 86.2 cm³/mol. The number of aryl methyl sites for hydroxylation is 3. The van der Waals surface area contributed by atoms with Crippen molar-refractivity contribution in [3.8, 4) is 0 Å². The Hall–Kier alpha value is -1.62. The average molecular weight is 303 g/mol. The van der Waals surface area contributed by atoms with Gasteiger partial charge in [-0.3, -0.25) is 4.79 Å². The van der Waals surface area contributed by atoms with Crippen LogP contribution in [0.5, 0.6) is 0 Å². The molecule has 0 N–H and O–H groups in total. The Kier molecular flexibility index (Phi) is 4.52. The molecule has 0 unspecified atom stereocenters. The van der Waals surface area contributed by atoms with Crippen LogP contribution in [-0.4, -0.2) is 26.1 Å². The van der Waals surface area contributed by atoms with Crippen LogP contribution in [0.1, 0.15) is 38.7 Å². The third-order valence-corrected chi connectivity index (χ3v) is 4.87. The van der Waals surface area contributed by atoms with Gasteiger partial charge in [-0.1, -0.05) is 11.8 Å². The molecule has 0 aromatic carbocycles. The van der Waals surface area contributed by atoms with Crippen molar-refractivity contribution in [2.24, 2.45) is 7.05 Å². The maximum absolute atomic E-state index is 12.4. The molecule has 0 bridgehead atoms. The first-order valence-corrected chi connectivity index (χ1v) is 7.90. The van der Waals surface area contributed by atoms with Gasteiger partial charge >= 0.3 is 0 Å². The number of carbonyl (C=O) groups is 1. The van der Waals surface area contributed by atoms with Crippen molar-refractivity contribution in [1.29, 1.82) is 0 Å². The van der Waals surface area contributed by atoms with Crippen molar-refractivity contribution in [1.82, 2.24) is 14.5 Å². The molecule has 0 aliphatic rings. The van der Waals surface area contributed by atoms with Gasteiger partial charge in [-0.15, -0.1) is 0 Å². The van der Waals surface area contributed by atoms with Crippen LogP contribution in [0.4, 0.5) is 0 Å². The number of thioether (sulfide) groups is 1. The molecule has 0 spiro atoms. The van der Waals surface area contributed by atoms with E-state index in [0.29, 0.717) is 10.9 Å². The van der Waals surface area contributed by atoms with Gasteiger partial charge in [0.05, 0.1) is 5.75 Å². The molecule has 0 aliphatic heterocycles. The van der Waals surface area contributed by atoms with E-state index in [1.807, 2.05) is 52.3 Å². The van der Waals surface area contributed by atoms with Crippen LogP contribution in [0.2, 0.25) is 0 Å². The van der Waals surface area contributed by atoms with Gasteiger partial charge in [0.2, 0.25) is 0 Å². The summed E-state index contributed by atoms with van der Waals surface area (Å²) in [5.41, 5.74) is 5.96. The zero-order valence-corrected chi connectivity index (χ0v) is 14.3. The molecule has 112 valence electrons. The van der Waals surface area contributed by atoms with E-state index in [9.17, 15) is 4.79 Å². The lowest BCUT2D eigenvalue weighted by Gasteiger charge is -2.06. The van der Waals surface area contributed by atoms with E-state index in [1.54, 1.807) is 0 Å². The highest BCUT2D eigenvalue weighted by molar-refractivity contribution is 7.99. The van der Waals surface area contributed by atoms with Crippen LogP contribution < -0.4 is 0 Å². The SMILES string of the molecule is Cc1nc(SCC(=O)c2cc(C)n(C)c2C)nc(C)c1C. The Morgan fingerprint density at radius 2 is 1.71 bits per heavy atom. The van der Waals surface area contributed by atoms with Gasteiger partial charge in [-0.05, 0) is 46.2 Å². The molecule has 2 aromatic heterocycles. The fourth-order valence-corrected chi connectivity index (χ4v) is 2.97. The van der Waals surface area contributed by atoms with E-state index >= 15 is 0 Å². The fraction of sp³-hybridized carbons (Fsp3) is 0.438. The van der Waals surface area contributed by atoms with Gasteiger partial charge in [0.1, 0.15) is 0 Å². The lowest BCUT2D eigenvalue weighted by atomic mass is 10.2. The topological polar surface area (TPSA) is 47.8 Å². The van der Waals surface area contributed by atoms with E-state index in [1.165, 1.54) is 11.8 Å². The van der Waals surface area contributed by atoms with Crippen LogP contribution in [-0.2, 0) is 7.05 Å². The largest absolute Gasteiger partial charge is 0.351 e. The van der Waals surface area contributed by atoms with E-state index < -0.39 is 0 Å². The lowest BCUT2D eigenvalue weighted by Crippen LogP contribution is -2.06. The number of Topliss-reactive ketones (excluding diaryl/α,β-unsaturated/α-hetero) is 1. The second kappa shape index (κ2) is 6.02. The molecular formula is C16H21N3OS. The molecule has 4 nitrogen and oxygen atoms in total. The smallest absolute Gasteiger partial charge is 0.188 e. The van der Waals surface area contributed by atoms with E-state index in [2.05, 4.69) is 9.97 Å². The molecule has 5 heteroatoms. The Balaban J connectivity index is 2.13. The lowest BCUT2D eigenvalue weighted by molar-refractivity contribution is 0.102. The van der Waals surface area contributed by atoms with E-state index in [4.69, 9.17) is 0 Å². The van der Waals surface area contributed by atoms with Crippen molar-refractivity contribution in [3.05, 3.63) is 40.0 Å². The fourth-order valence-electron chi connectivity index (χ4n) is 2.15. The molecule has 2 rings (SSSR count). The Morgan fingerprint density at radius 3 is 2.19 bits per heavy atom. The summed E-state index contributed by atoms with van der Waals surface area (Å²) in [6.45, 7) is 9.94. The van der Waals surface area contributed by atoms with Crippen molar-refractivity contribution in [2.75, 3.05) is 5.75 Å². The van der Waals surface area contributed by atoms with Crippen LogP contribution in [0.3, 0.4) is 0 Å². The van der Waals surface area contributed by atoms with E-state index in [0.717, 1.165) is 33.9 Å².